The summed E-state index contributed by atoms with van der Waals surface area (Å²) in [5.74, 6) is 1.02. The molecule has 2 saturated heterocycles. The van der Waals surface area contributed by atoms with Crippen molar-refractivity contribution in [3.63, 3.8) is 0 Å². The first-order chi connectivity index (χ1) is 12.3. The Morgan fingerprint density at radius 1 is 0.840 bits per heavy atom. The molecule has 152 valence electrons. The highest BCUT2D eigenvalue weighted by Crippen LogP contribution is 2.21. The molecule has 0 atom stereocenters. The lowest BCUT2D eigenvalue weighted by Gasteiger charge is -2.33. The normalized spacial score (nSPS) is 18.5. The third-order valence-corrected chi connectivity index (χ3v) is 4.66. The smallest absolute Gasteiger partial charge is 0.233 e. The number of piperidine rings is 2. The van der Waals surface area contributed by atoms with Crippen LogP contribution in [0, 0.1) is 5.92 Å². The molecule has 0 radical (unpaired) electrons. The van der Waals surface area contributed by atoms with Crippen molar-refractivity contribution in [2.75, 3.05) is 46.3 Å². The van der Waals surface area contributed by atoms with E-state index in [4.69, 9.17) is 0 Å². The van der Waals surface area contributed by atoms with E-state index in [9.17, 15) is 4.79 Å². The summed E-state index contributed by atoms with van der Waals surface area (Å²) in [4.78, 5) is 16.3. The summed E-state index contributed by atoms with van der Waals surface area (Å²) in [6.07, 6.45) is 8.10. The van der Waals surface area contributed by atoms with Crippen LogP contribution >= 0.6 is 0 Å². The van der Waals surface area contributed by atoms with E-state index < -0.39 is 0 Å². The lowest BCUT2D eigenvalue weighted by molar-refractivity contribution is -0.122. The molecule has 2 aliphatic rings. The highest BCUT2D eigenvalue weighted by atomic mass is 16.1. The fraction of sp³-hybridized carbons (Fsp3) is 0.952. The molecule has 0 aliphatic carbocycles. The molecule has 0 aromatic heterocycles. The average molecular weight is 358 g/mol. The summed E-state index contributed by atoms with van der Waals surface area (Å²) in [5, 5.41) is 2.70. The molecule has 2 rings (SSSR count). The van der Waals surface area contributed by atoms with Crippen LogP contribution in [-0.4, -0.2) is 62.0 Å². The van der Waals surface area contributed by atoms with Gasteiger partial charge in [-0.1, -0.05) is 48.0 Å². The molecule has 2 heterocycles. The predicted molar refractivity (Wildman–Crippen MR) is 112 cm³/mol. The SMILES string of the molecule is CC.CC.CC.CNC(=O)CN1CCC(CCN2CCCCC2)CC1. The zero-order valence-corrected chi connectivity index (χ0v) is 18.4. The van der Waals surface area contributed by atoms with E-state index in [0.29, 0.717) is 6.54 Å². The van der Waals surface area contributed by atoms with Crippen molar-refractivity contribution in [3.8, 4) is 0 Å². The number of hydrogen-bond donors (Lipinski definition) is 1. The second-order valence-corrected chi connectivity index (χ2v) is 6.08. The van der Waals surface area contributed by atoms with Gasteiger partial charge < -0.3 is 10.2 Å². The van der Waals surface area contributed by atoms with Crippen LogP contribution in [0.15, 0.2) is 0 Å². The van der Waals surface area contributed by atoms with Gasteiger partial charge in [0.2, 0.25) is 5.91 Å². The van der Waals surface area contributed by atoms with Crippen LogP contribution in [0.4, 0.5) is 0 Å². The fourth-order valence-electron chi connectivity index (χ4n) is 3.26. The Morgan fingerprint density at radius 3 is 1.84 bits per heavy atom. The van der Waals surface area contributed by atoms with Crippen molar-refractivity contribution in [1.82, 2.24) is 15.1 Å². The molecule has 2 aliphatic heterocycles. The van der Waals surface area contributed by atoms with Gasteiger partial charge in [0.05, 0.1) is 6.54 Å². The molecule has 0 aromatic carbocycles. The molecule has 0 spiro atoms. The molecule has 25 heavy (non-hydrogen) atoms. The standard InChI is InChI=1S/C15H29N3O.3C2H6/c1-16-15(19)13-18-11-6-14(7-12-18)5-10-17-8-3-2-4-9-17;3*1-2/h14H,2-13H2,1H3,(H,16,19);3*1-2H3. The summed E-state index contributed by atoms with van der Waals surface area (Å²) in [6, 6.07) is 0. The molecule has 0 saturated carbocycles. The fourth-order valence-corrected chi connectivity index (χ4v) is 3.26. The van der Waals surface area contributed by atoms with E-state index in [2.05, 4.69) is 15.1 Å². The second kappa shape index (κ2) is 19.7. The maximum atomic E-state index is 11.3. The van der Waals surface area contributed by atoms with Crippen LogP contribution < -0.4 is 5.32 Å². The summed E-state index contributed by atoms with van der Waals surface area (Å²) in [6.45, 7) is 18.7. The Morgan fingerprint density at radius 2 is 1.36 bits per heavy atom. The first kappa shape index (κ1) is 26.6. The Balaban J connectivity index is 0. The molecule has 0 aromatic rings. The van der Waals surface area contributed by atoms with Gasteiger partial charge >= 0.3 is 0 Å². The molecule has 1 N–H and O–H groups in total. The Kier molecular flexibility index (Phi) is 21.0. The minimum absolute atomic E-state index is 0.145. The molecule has 0 bridgehead atoms. The van der Waals surface area contributed by atoms with Crippen LogP contribution in [0.25, 0.3) is 0 Å². The summed E-state index contributed by atoms with van der Waals surface area (Å²) >= 11 is 0. The second-order valence-electron chi connectivity index (χ2n) is 6.08. The lowest BCUT2D eigenvalue weighted by atomic mass is 9.93. The lowest BCUT2D eigenvalue weighted by Crippen LogP contribution is -2.41. The molecule has 1 amide bonds. The topological polar surface area (TPSA) is 35.6 Å². The number of rotatable bonds is 5. The van der Waals surface area contributed by atoms with Gasteiger partial charge in [0.1, 0.15) is 0 Å². The first-order valence-corrected chi connectivity index (χ1v) is 10.9. The largest absolute Gasteiger partial charge is 0.358 e. The quantitative estimate of drug-likeness (QED) is 0.792. The van der Waals surface area contributed by atoms with Crippen LogP contribution in [0.3, 0.4) is 0 Å². The number of nitrogens with zero attached hydrogens (tertiary/aromatic N) is 2. The van der Waals surface area contributed by atoms with Gasteiger partial charge in [0, 0.05) is 7.05 Å². The highest BCUT2D eigenvalue weighted by Gasteiger charge is 2.21. The van der Waals surface area contributed by atoms with Crippen molar-refractivity contribution in [2.45, 2.75) is 80.1 Å². The molecule has 0 unspecified atom stereocenters. The van der Waals surface area contributed by atoms with Crippen molar-refractivity contribution in [1.29, 1.82) is 0 Å². The summed E-state index contributed by atoms with van der Waals surface area (Å²) < 4.78 is 0. The van der Waals surface area contributed by atoms with E-state index in [-0.39, 0.29) is 5.91 Å². The van der Waals surface area contributed by atoms with Gasteiger partial charge in [-0.05, 0) is 70.7 Å². The van der Waals surface area contributed by atoms with Gasteiger partial charge in [-0.25, -0.2) is 0 Å². The summed E-state index contributed by atoms with van der Waals surface area (Å²) in [7, 11) is 1.72. The number of likely N-dealkylation sites (N-methyl/N-ethyl adjacent to an activating group) is 1. The van der Waals surface area contributed by atoms with Gasteiger partial charge in [0.15, 0.2) is 0 Å². The highest BCUT2D eigenvalue weighted by molar-refractivity contribution is 5.77. The maximum Gasteiger partial charge on any atom is 0.233 e. The van der Waals surface area contributed by atoms with E-state index in [1.165, 1.54) is 58.2 Å². The van der Waals surface area contributed by atoms with Crippen LogP contribution in [-0.2, 0) is 4.79 Å². The molecular formula is C21H47N3O. The predicted octanol–water partition coefficient (Wildman–Crippen LogP) is 4.40. The third-order valence-electron chi connectivity index (χ3n) is 4.66. The van der Waals surface area contributed by atoms with E-state index in [1.54, 1.807) is 7.05 Å². The van der Waals surface area contributed by atoms with Crippen molar-refractivity contribution < 1.29 is 4.79 Å². The zero-order valence-electron chi connectivity index (χ0n) is 18.4. The van der Waals surface area contributed by atoms with Crippen molar-refractivity contribution >= 4 is 5.91 Å². The third kappa shape index (κ3) is 13.3. The van der Waals surface area contributed by atoms with Gasteiger partial charge in [-0.2, -0.15) is 0 Å². The van der Waals surface area contributed by atoms with Gasteiger partial charge in [-0.3, -0.25) is 9.69 Å². The van der Waals surface area contributed by atoms with Crippen molar-refractivity contribution in [2.24, 2.45) is 5.92 Å². The Hall–Kier alpha value is -0.610. The zero-order chi connectivity index (χ0) is 19.5. The van der Waals surface area contributed by atoms with Crippen LogP contribution in [0.2, 0.25) is 0 Å². The molecule has 4 heteroatoms. The monoisotopic (exact) mass is 357 g/mol. The molecule has 2 fully saturated rings. The van der Waals surface area contributed by atoms with Gasteiger partial charge in [-0.15, -0.1) is 0 Å². The van der Waals surface area contributed by atoms with E-state index in [0.717, 1.165) is 19.0 Å². The number of carbonyl (C=O) groups excluding carboxylic acids is 1. The molecular weight excluding hydrogens is 310 g/mol. The van der Waals surface area contributed by atoms with E-state index in [1.807, 2.05) is 41.5 Å². The van der Waals surface area contributed by atoms with Crippen molar-refractivity contribution in [3.05, 3.63) is 0 Å². The number of carbonyl (C=O) groups is 1. The number of nitrogens with one attached hydrogen (secondary N) is 1. The average Bonchev–Trinajstić information content (AvgIpc) is 2.72. The number of hydrogen-bond acceptors (Lipinski definition) is 3. The van der Waals surface area contributed by atoms with Gasteiger partial charge in [0.25, 0.3) is 0 Å². The maximum absolute atomic E-state index is 11.3. The molecule has 4 nitrogen and oxygen atoms in total. The Labute approximate surface area is 158 Å². The minimum Gasteiger partial charge on any atom is -0.358 e. The van der Waals surface area contributed by atoms with Crippen LogP contribution in [0.5, 0.6) is 0 Å². The van der Waals surface area contributed by atoms with Crippen LogP contribution in [0.1, 0.15) is 80.1 Å². The number of amides is 1. The Bertz CT molecular complexity index is 270. The first-order valence-electron chi connectivity index (χ1n) is 10.9. The summed E-state index contributed by atoms with van der Waals surface area (Å²) in [5.41, 5.74) is 0. The minimum atomic E-state index is 0.145. The van der Waals surface area contributed by atoms with E-state index >= 15 is 0 Å². The number of likely N-dealkylation sites (tertiary alicyclic amines) is 2.